The summed E-state index contributed by atoms with van der Waals surface area (Å²) in [5, 5.41) is 35.7. The molecule has 12 heteroatoms. The number of aliphatic hydroxyl groups is 2. The van der Waals surface area contributed by atoms with Crippen molar-refractivity contribution >= 4 is 43.7 Å². The Hall–Kier alpha value is -3.55. The van der Waals surface area contributed by atoms with Crippen molar-refractivity contribution < 1.29 is 27.2 Å². The Balaban J connectivity index is 1.30. The van der Waals surface area contributed by atoms with Crippen LogP contribution in [0.5, 0.6) is 0 Å². The van der Waals surface area contributed by atoms with E-state index < -0.39 is 34.5 Å². The van der Waals surface area contributed by atoms with Crippen molar-refractivity contribution in [3.63, 3.8) is 0 Å². The number of nitrogens with two attached hydrogens (primary N) is 1. The highest BCUT2D eigenvalue weighted by molar-refractivity contribution is 7.84. The van der Waals surface area contributed by atoms with Gasteiger partial charge in [-0.25, -0.2) is 10.1 Å². The monoisotopic (exact) mass is 509 g/mol. The fourth-order valence-electron chi connectivity index (χ4n) is 4.84. The molecule has 11 nitrogen and oxygen atoms in total. The lowest BCUT2D eigenvalue weighted by Crippen LogP contribution is -2.36. The molecule has 0 spiro atoms. The second kappa shape index (κ2) is 8.54. The molecule has 3 heterocycles. The maximum absolute atomic E-state index is 11.1. The Morgan fingerprint density at radius 3 is 2.72 bits per heavy atom. The average Bonchev–Trinajstić information content (AvgIpc) is 3.52. The van der Waals surface area contributed by atoms with E-state index in [4.69, 9.17) is 14.7 Å². The van der Waals surface area contributed by atoms with Crippen LogP contribution in [0.1, 0.15) is 6.42 Å². The van der Waals surface area contributed by atoms with E-state index in [1.165, 1.54) is 0 Å². The van der Waals surface area contributed by atoms with E-state index in [-0.39, 0.29) is 13.0 Å². The van der Waals surface area contributed by atoms with E-state index in [0.29, 0.717) is 17.2 Å². The normalized spacial score (nSPS) is 22.6. The maximum atomic E-state index is 11.1. The first kappa shape index (κ1) is 22.9. The summed E-state index contributed by atoms with van der Waals surface area (Å²) in [6, 6.07) is 16.7. The molecule has 0 aliphatic heterocycles. The SMILES string of the molecule is NS(=O)(=O)OC[C@H]1C[C@@H](Nc2ccnc3cc(-c4ccc5oc6ccccc6c5c4)nn23)[C@H](O)[C@@H]1O. The second-order valence-electron chi connectivity index (χ2n) is 8.94. The minimum atomic E-state index is -4.15. The van der Waals surface area contributed by atoms with E-state index in [0.717, 1.165) is 27.5 Å². The van der Waals surface area contributed by atoms with Crippen molar-refractivity contribution in [3.05, 3.63) is 60.8 Å². The smallest absolute Gasteiger partial charge is 0.333 e. The summed E-state index contributed by atoms with van der Waals surface area (Å²) in [5.41, 5.74) is 3.79. The topological polar surface area (TPSA) is 165 Å². The van der Waals surface area contributed by atoms with Gasteiger partial charge in [0.05, 0.1) is 24.4 Å². The van der Waals surface area contributed by atoms with Gasteiger partial charge in [0.15, 0.2) is 5.65 Å². The van der Waals surface area contributed by atoms with Gasteiger partial charge in [0.25, 0.3) is 0 Å². The van der Waals surface area contributed by atoms with Crippen molar-refractivity contribution in [2.45, 2.75) is 24.7 Å². The Labute approximate surface area is 205 Å². The largest absolute Gasteiger partial charge is 0.456 e. The number of fused-ring (bicyclic) bond motifs is 4. The van der Waals surface area contributed by atoms with E-state index in [1.807, 2.05) is 48.5 Å². The van der Waals surface area contributed by atoms with Crippen LogP contribution in [-0.2, 0) is 14.5 Å². The number of rotatable bonds is 6. The van der Waals surface area contributed by atoms with Gasteiger partial charge >= 0.3 is 10.3 Å². The van der Waals surface area contributed by atoms with Crippen LogP contribution in [0.3, 0.4) is 0 Å². The summed E-state index contributed by atoms with van der Waals surface area (Å²) < 4.78 is 34.4. The molecule has 3 aromatic heterocycles. The molecule has 0 radical (unpaired) electrons. The number of nitrogens with zero attached hydrogens (tertiary/aromatic N) is 3. The van der Waals surface area contributed by atoms with E-state index in [9.17, 15) is 18.6 Å². The second-order valence-corrected chi connectivity index (χ2v) is 10.2. The van der Waals surface area contributed by atoms with Gasteiger partial charge in [0.1, 0.15) is 23.1 Å². The highest BCUT2D eigenvalue weighted by Crippen LogP contribution is 2.33. The quantitative estimate of drug-likeness (QED) is 0.268. The van der Waals surface area contributed by atoms with Gasteiger partial charge in [-0.05, 0) is 36.8 Å². The number of furan rings is 1. The van der Waals surface area contributed by atoms with Crippen LogP contribution in [0.15, 0.2) is 65.2 Å². The molecule has 0 saturated heterocycles. The van der Waals surface area contributed by atoms with Gasteiger partial charge in [-0.3, -0.25) is 4.18 Å². The van der Waals surface area contributed by atoms with Crippen LogP contribution < -0.4 is 10.5 Å². The third-order valence-electron chi connectivity index (χ3n) is 6.61. The highest BCUT2D eigenvalue weighted by atomic mass is 32.2. The number of benzene rings is 2. The molecule has 1 fully saturated rings. The third kappa shape index (κ3) is 4.08. The molecule has 0 unspecified atom stereocenters. The molecule has 186 valence electrons. The molecule has 6 rings (SSSR count). The fourth-order valence-corrected chi connectivity index (χ4v) is 5.20. The van der Waals surface area contributed by atoms with E-state index >= 15 is 0 Å². The van der Waals surface area contributed by atoms with Gasteiger partial charge in [0, 0.05) is 34.5 Å². The zero-order chi connectivity index (χ0) is 25.0. The Morgan fingerprint density at radius 2 is 1.89 bits per heavy atom. The molecular weight excluding hydrogens is 486 g/mol. The van der Waals surface area contributed by atoms with Crippen molar-refractivity contribution in [2.24, 2.45) is 11.1 Å². The standard InChI is InChI=1S/C24H23N5O6S/c25-36(32,33)34-12-14-10-18(24(31)23(14)30)27-21-7-8-26-22-11-17(28-29(21)22)13-5-6-20-16(9-13)15-3-1-2-4-19(15)35-20/h1-9,11,14,18,23-24,27,30-31H,10,12H2,(H2,25,32,33)/t14-,18-,23-,24+/m1/s1. The van der Waals surface area contributed by atoms with Crippen LogP contribution in [-0.4, -0.2) is 58.1 Å². The number of anilines is 1. The van der Waals surface area contributed by atoms with Crippen LogP contribution in [0.2, 0.25) is 0 Å². The fraction of sp³-hybridized carbons (Fsp3) is 0.250. The molecule has 4 atom stereocenters. The Kier molecular flexibility index (Phi) is 5.43. The minimum Gasteiger partial charge on any atom is -0.456 e. The Bertz CT molecular complexity index is 1700. The van der Waals surface area contributed by atoms with Crippen molar-refractivity contribution in [1.29, 1.82) is 0 Å². The van der Waals surface area contributed by atoms with Crippen LogP contribution in [0.25, 0.3) is 38.8 Å². The van der Waals surface area contributed by atoms with Crippen molar-refractivity contribution in [2.75, 3.05) is 11.9 Å². The molecule has 36 heavy (non-hydrogen) atoms. The van der Waals surface area contributed by atoms with Gasteiger partial charge < -0.3 is 19.9 Å². The summed E-state index contributed by atoms with van der Waals surface area (Å²) in [6.07, 6.45) is -0.435. The molecule has 0 amide bonds. The molecule has 5 N–H and O–H groups in total. The van der Waals surface area contributed by atoms with Crippen LogP contribution in [0, 0.1) is 5.92 Å². The lowest BCUT2D eigenvalue weighted by Gasteiger charge is -2.19. The first-order valence-corrected chi connectivity index (χ1v) is 12.8. The van der Waals surface area contributed by atoms with E-state index in [2.05, 4.69) is 14.5 Å². The summed E-state index contributed by atoms with van der Waals surface area (Å²) >= 11 is 0. The van der Waals surface area contributed by atoms with Crippen LogP contribution >= 0.6 is 0 Å². The Morgan fingerprint density at radius 1 is 1.08 bits per heavy atom. The number of hydrogen-bond donors (Lipinski definition) is 4. The zero-order valence-electron chi connectivity index (χ0n) is 18.9. The van der Waals surface area contributed by atoms with Gasteiger partial charge in [-0.2, -0.15) is 18.0 Å². The average molecular weight is 510 g/mol. The van der Waals surface area contributed by atoms with Gasteiger partial charge in [0.2, 0.25) is 0 Å². The first-order chi connectivity index (χ1) is 17.3. The number of aliphatic hydroxyl groups excluding tert-OH is 2. The predicted molar refractivity (Wildman–Crippen MR) is 132 cm³/mol. The van der Waals surface area contributed by atoms with Crippen LogP contribution in [0.4, 0.5) is 5.82 Å². The lowest BCUT2D eigenvalue weighted by molar-refractivity contribution is 0.00777. The minimum absolute atomic E-state index is 0.264. The maximum Gasteiger partial charge on any atom is 0.333 e. The highest BCUT2D eigenvalue weighted by Gasteiger charge is 2.42. The van der Waals surface area contributed by atoms with Crippen molar-refractivity contribution in [1.82, 2.24) is 14.6 Å². The molecule has 0 bridgehead atoms. The number of nitrogens with one attached hydrogen (secondary N) is 1. The summed E-state index contributed by atoms with van der Waals surface area (Å²) in [6.45, 7) is -0.321. The lowest BCUT2D eigenvalue weighted by atomic mass is 10.1. The summed E-state index contributed by atoms with van der Waals surface area (Å²) in [4.78, 5) is 4.40. The number of aromatic nitrogens is 3. The predicted octanol–water partition coefficient (Wildman–Crippen LogP) is 2.04. The molecule has 1 aliphatic rings. The van der Waals surface area contributed by atoms with Crippen molar-refractivity contribution in [3.8, 4) is 11.3 Å². The first-order valence-electron chi connectivity index (χ1n) is 11.3. The summed E-state index contributed by atoms with van der Waals surface area (Å²) in [5.74, 6) is -0.0526. The van der Waals surface area contributed by atoms with E-state index in [1.54, 1.807) is 16.8 Å². The molecular formula is C24H23N5O6S. The number of para-hydroxylation sites is 1. The third-order valence-corrected chi connectivity index (χ3v) is 7.08. The van der Waals surface area contributed by atoms with Gasteiger partial charge in [-0.1, -0.05) is 18.2 Å². The number of hydrogen-bond acceptors (Lipinski definition) is 9. The zero-order valence-corrected chi connectivity index (χ0v) is 19.7. The molecule has 1 saturated carbocycles. The molecule has 2 aromatic carbocycles. The molecule has 5 aromatic rings. The van der Waals surface area contributed by atoms with Gasteiger partial charge in [-0.15, -0.1) is 0 Å². The molecule has 1 aliphatic carbocycles. The summed E-state index contributed by atoms with van der Waals surface area (Å²) in [7, 11) is -4.15.